The minimum Gasteiger partial charge on any atom is -0.354 e. The smallest absolute Gasteiger partial charge is 0.354 e. The molecule has 0 aliphatic carbocycles. The van der Waals surface area contributed by atoms with Crippen LogP contribution in [-0.4, -0.2) is 46.2 Å². The number of aromatic nitrogens is 3. The molecular formula is C19H20F3N5O. The third-order valence-corrected chi connectivity index (χ3v) is 5.06. The number of nitrogens with one attached hydrogen (secondary N) is 2. The minimum absolute atomic E-state index is 0.342. The van der Waals surface area contributed by atoms with Crippen LogP contribution < -0.4 is 10.2 Å². The Labute approximate surface area is 159 Å². The second kappa shape index (κ2) is 6.96. The first-order valence-electron chi connectivity index (χ1n) is 9.14. The predicted molar refractivity (Wildman–Crippen MR) is 100 cm³/mol. The van der Waals surface area contributed by atoms with Gasteiger partial charge < -0.3 is 15.2 Å². The van der Waals surface area contributed by atoms with E-state index in [4.69, 9.17) is 0 Å². The van der Waals surface area contributed by atoms with E-state index in [1.807, 2.05) is 24.1 Å². The topological polar surface area (TPSA) is 73.9 Å². The Kier molecular flexibility index (Phi) is 4.60. The van der Waals surface area contributed by atoms with Crippen LogP contribution in [0.2, 0.25) is 0 Å². The van der Waals surface area contributed by atoms with Crippen molar-refractivity contribution < 1.29 is 18.0 Å². The number of hydrogen-bond acceptors (Lipinski definition) is 4. The molecule has 1 aliphatic rings. The van der Waals surface area contributed by atoms with Gasteiger partial charge in [0.05, 0.1) is 0 Å². The number of aromatic amines is 1. The van der Waals surface area contributed by atoms with Crippen LogP contribution in [0.5, 0.6) is 0 Å². The molecule has 6 nitrogen and oxygen atoms in total. The molecule has 2 N–H and O–H groups in total. The van der Waals surface area contributed by atoms with Crippen molar-refractivity contribution in [1.82, 2.24) is 20.3 Å². The lowest BCUT2D eigenvalue weighted by molar-refractivity contribution is -0.154. The van der Waals surface area contributed by atoms with Gasteiger partial charge in [-0.1, -0.05) is 0 Å². The van der Waals surface area contributed by atoms with E-state index < -0.39 is 18.5 Å². The number of hydrogen-bond donors (Lipinski definition) is 2. The Morgan fingerprint density at radius 2 is 2.14 bits per heavy atom. The van der Waals surface area contributed by atoms with Crippen molar-refractivity contribution in [2.24, 2.45) is 0 Å². The van der Waals surface area contributed by atoms with E-state index in [2.05, 4.69) is 20.3 Å². The molecule has 0 aromatic carbocycles. The molecule has 0 saturated carbocycles. The zero-order valence-electron chi connectivity index (χ0n) is 15.3. The highest BCUT2D eigenvalue weighted by atomic mass is 19.4. The number of rotatable bonds is 3. The standard InChI is InChI=1S/C19H20F3N5O/c1-11-8-25-18(16-13-4-5-23-17(13)24-9-14(11)16)27-6-2-3-12(10-27)26-15(28)7-19(20,21)22/h4-5,8-9,12H,2-3,6-7,10H2,1H3,(H,23,24)(H,26,28). The maximum Gasteiger partial charge on any atom is 0.397 e. The molecule has 0 spiro atoms. The summed E-state index contributed by atoms with van der Waals surface area (Å²) < 4.78 is 37.3. The summed E-state index contributed by atoms with van der Waals surface area (Å²) in [5.41, 5.74) is 1.76. The average molecular weight is 391 g/mol. The molecule has 148 valence electrons. The summed E-state index contributed by atoms with van der Waals surface area (Å²) >= 11 is 0. The fraction of sp³-hybridized carbons (Fsp3) is 0.421. The van der Waals surface area contributed by atoms with Crippen LogP contribution >= 0.6 is 0 Å². The van der Waals surface area contributed by atoms with Crippen molar-refractivity contribution in [2.75, 3.05) is 18.0 Å². The summed E-state index contributed by atoms with van der Waals surface area (Å²) in [5.74, 6) is -0.222. The maximum atomic E-state index is 12.4. The van der Waals surface area contributed by atoms with Crippen LogP contribution in [0.1, 0.15) is 24.8 Å². The van der Waals surface area contributed by atoms with E-state index in [1.165, 1.54) is 0 Å². The number of halogens is 3. The molecule has 1 aliphatic heterocycles. The van der Waals surface area contributed by atoms with E-state index in [-0.39, 0.29) is 6.04 Å². The van der Waals surface area contributed by atoms with Gasteiger partial charge in [-0.2, -0.15) is 13.2 Å². The highest BCUT2D eigenvalue weighted by Crippen LogP contribution is 2.33. The fourth-order valence-electron chi connectivity index (χ4n) is 3.83. The quantitative estimate of drug-likeness (QED) is 0.717. The summed E-state index contributed by atoms with van der Waals surface area (Å²) in [6.07, 6.45) is 0.857. The third kappa shape index (κ3) is 3.61. The number of pyridine rings is 2. The van der Waals surface area contributed by atoms with Crippen molar-refractivity contribution in [3.8, 4) is 0 Å². The molecule has 4 rings (SSSR count). The van der Waals surface area contributed by atoms with Gasteiger partial charge in [0.1, 0.15) is 17.9 Å². The first-order chi connectivity index (χ1) is 13.3. The van der Waals surface area contributed by atoms with Crippen molar-refractivity contribution in [3.05, 3.63) is 30.2 Å². The average Bonchev–Trinajstić information content (AvgIpc) is 3.09. The third-order valence-electron chi connectivity index (χ3n) is 5.06. The first-order valence-corrected chi connectivity index (χ1v) is 9.14. The van der Waals surface area contributed by atoms with Crippen LogP contribution in [0.4, 0.5) is 19.0 Å². The summed E-state index contributed by atoms with van der Waals surface area (Å²) in [4.78, 5) is 25.9. The Balaban J connectivity index is 1.64. The second-order valence-corrected chi connectivity index (χ2v) is 7.20. The molecule has 9 heteroatoms. The molecule has 0 bridgehead atoms. The largest absolute Gasteiger partial charge is 0.397 e. The molecule has 3 aromatic rings. The molecule has 1 unspecified atom stereocenters. The number of H-pyrrole nitrogens is 1. The minimum atomic E-state index is -4.50. The summed E-state index contributed by atoms with van der Waals surface area (Å²) in [7, 11) is 0. The summed E-state index contributed by atoms with van der Waals surface area (Å²) in [6, 6.07) is 1.60. The molecule has 1 amide bonds. The molecule has 1 atom stereocenters. The van der Waals surface area contributed by atoms with Gasteiger partial charge in [0.25, 0.3) is 0 Å². The van der Waals surface area contributed by atoms with Gasteiger partial charge in [-0.15, -0.1) is 0 Å². The number of carbonyl (C=O) groups excluding carboxylic acids is 1. The van der Waals surface area contributed by atoms with Gasteiger partial charge in [-0.25, -0.2) is 9.97 Å². The molecular weight excluding hydrogens is 371 g/mol. The number of aryl methyl sites for hydroxylation is 1. The molecule has 28 heavy (non-hydrogen) atoms. The summed E-state index contributed by atoms with van der Waals surface area (Å²) in [6.45, 7) is 3.11. The van der Waals surface area contributed by atoms with E-state index in [0.717, 1.165) is 46.2 Å². The van der Waals surface area contributed by atoms with E-state index in [0.29, 0.717) is 13.0 Å². The number of anilines is 1. The lowest BCUT2D eigenvalue weighted by atomic mass is 10.0. The number of carbonyl (C=O) groups is 1. The van der Waals surface area contributed by atoms with Crippen LogP contribution in [0.15, 0.2) is 24.7 Å². The monoisotopic (exact) mass is 391 g/mol. The number of alkyl halides is 3. The SMILES string of the molecule is Cc1cnc(N2CCCC(NC(=O)CC(F)(F)F)C2)c2c1cnc1[nH]ccc12. The normalized spacial score (nSPS) is 18.0. The number of nitrogens with zero attached hydrogens (tertiary/aromatic N) is 3. The van der Waals surface area contributed by atoms with Crippen LogP contribution in [-0.2, 0) is 4.79 Å². The van der Waals surface area contributed by atoms with Crippen LogP contribution in [0.3, 0.4) is 0 Å². The lowest BCUT2D eigenvalue weighted by Crippen LogP contribution is -2.48. The van der Waals surface area contributed by atoms with Gasteiger partial charge in [0.15, 0.2) is 0 Å². The number of piperidine rings is 1. The molecule has 1 fully saturated rings. The second-order valence-electron chi connectivity index (χ2n) is 7.20. The fourth-order valence-corrected chi connectivity index (χ4v) is 3.83. The van der Waals surface area contributed by atoms with Crippen molar-refractivity contribution in [2.45, 2.75) is 38.4 Å². The molecule has 1 saturated heterocycles. The number of fused-ring (bicyclic) bond motifs is 3. The first kappa shape index (κ1) is 18.5. The van der Waals surface area contributed by atoms with E-state index in [9.17, 15) is 18.0 Å². The highest BCUT2D eigenvalue weighted by Gasteiger charge is 2.33. The lowest BCUT2D eigenvalue weighted by Gasteiger charge is -2.34. The molecule has 0 radical (unpaired) electrons. The van der Waals surface area contributed by atoms with Crippen molar-refractivity contribution in [3.63, 3.8) is 0 Å². The zero-order chi connectivity index (χ0) is 19.9. The Bertz CT molecular complexity index is 1030. The summed E-state index contributed by atoms with van der Waals surface area (Å²) in [5, 5.41) is 5.42. The van der Waals surface area contributed by atoms with Gasteiger partial charge in [-0.05, 0) is 31.4 Å². The Morgan fingerprint density at radius 3 is 2.93 bits per heavy atom. The van der Waals surface area contributed by atoms with E-state index in [1.54, 1.807) is 12.4 Å². The molecule has 4 heterocycles. The maximum absolute atomic E-state index is 12.4. The highest BCUT2D eigenvalue weighted by molar-refractivity contribution is 6.11. The van der Waals surface area contributed by atoms with Crippen LogP contribution in [0.25, 0.3) is 21.8 Å². The van der Waals surface area contributed by atoms with Gasteiger partial charge >= 0.3 is 6.18 Å². The van der Waals surface area contributed by atoms with Crippen LogP contribution in [0, 0.1) is 6.92 Å². The van der Waals surface area contributed by atoms with Crippen molar-refractivity contribution in [1.29, 1.82) is 0 Å². The molecule has 3 aromatic heterocycles. The zero-order valence-corrected chi connectivity index (χ0v) is 15.3. The number of amides is 1. The van der Waals surface area contributed by atoms with Gasteiger partial charge in [0, 0.05) is 53.9 Å². The van der Waals surface area contributed by atoms with Crippen molar-refractivity contribution >= 4 is 33.5 Å². The van der Waals surface area contributed by atoms with Gasteiger partial charge in [-0.3, -0.25) is 4.79 Å². The van der Waals surface area contributed by atoms with Gasteiger partial charge in [0.2, 0.25) is 5.91 Å². The Morgan fingerprint density at radius 1 is 1.32 bits per heavy atom. The Hall–Kier alpha value is -2.84. The van der Waals surface area contributed by atoms with E-state index >= 15 is 0 Å². The predicted octanol–water partition coefficient (Wildman–Crippen LogP) is 3.46.